The fourth-order valence-corrected chi connectivity index (χ4v) is 4.94. The smallest absolute Gasteiger partial charge is 0.241 e. The number of sulfonamides is 1. The average Bonchev–Trinajstić information content (AvgIpc) is 2.60. The third-order valence-electron chi connectivity index (χ3n) is 4.40. The van der Waals surface area contributed by atoms with Crippen molar-refractivity contribution in [1.29, 1.82) is 0 Å². The van der Waals surface area contributed by atoms with Crippen molar-refractivity contribution >= 4 is 15.9 Å². The highest BCUT2D eigenvalue weighted by atomic mass is 32.2. The summed E-state index contributed by atoms with van der Waals surface area (Å²) in [6.07, 6.45) is 0.641. The molecular weight excluding hydrogens is 376 g/mol. The lowest BCUT2D eigenvalue weighted by Crippen LogP contribution is -2.48. The molecule has 0 heterocycles. The predicted octanol–water partition coefficient (Wildman–Crippen LogP) is 2.00. The summed E-state index contributed by atoms with van der Waals surface area (Å²) in [4.78, 5) is 12.8. The number of hydrogen-bond donors (Lipinski definition) is 3. The van der Waals surface area contributed by atoms with E-state index in [0.717, 1.165) is 11.1 Å². The molecule has 1 amide bonds. The molecule has 0 fully saturated rings. The zero-order valence-electron chi connectivity index (χ0n) is 16.5. The maximum absolute atomic E-state index is 13.1. The Morgan fingerprint density at radius 2 is 1.68 bits per heavy atom. The van der Waals surface area contributed by atoms with Gasteiger partial charge in [0.15, 0.2) is 0 Å². The highest BCUT2D eigenvalue weighted by molar-refractivity contribution is 7.89. The molecule has 2 rings (SSSR count). The average molecular weight is 405 g/mol. The minimum Gasteiger partial charge on any atom is -0.396 e. The van der Waals surface area contributed by atoms with Crippen molar-refractivity contribution in [2.24, 2.45) is 0 Å². The van der Waals surface area contributed by atoms with Crippen molar-refractivity contribution in [2.45, 2.75) is 44.6 Å². The van der Waals surface area contributed by atoms with Gasteiger partial charge in [0.25, 0.3) is 0 Å². The van der Waals surface area contributed by atoms with Crippen molar-refractivity contribution in [3.8, 4) is 0 Å². The monoisotopic (exact) mass is 404 g/mol. The van der Waals surface area contributed by atoms with Gasteiger partial charge in [-0.15, -0.1) is 0 Å². The third-order valence-corrected chi connectivity index (χ3v) is 6.18. The van der Waals surface area contributed by atoms with Gasteiger partial charge in [-0.3, -0.25) is 4.79 Å². The second kappa shape index (κ2) is 9.82. The van der Waals surface area contributed by atoms with Crippen LogP contribution in [0.1, 0.15) is 28.7 Å². The summed E-state index contributed by atoms with van der Waals surface area (Å²) in [6, 6.07) is 11.9. The molecule has 0 aliphatic carbocycles. The van der Waals surface area contributed by atoms with Crippen LogP contribution in [0.2, 0.25) is 0 Å². The second-order valence-electron chi connectivity index (χ2n) is 6.96. The maximum atomic E-state index is 13.1. The Morgan fingerprint density at radius 1 is 1.07 bits per heavy atom. The van der Waals surface area contributed by atoms with E-state index in [0.29, 0.717) is 17.5 Å². The standard InChI is InChI=1S/C21H28N2O4S/c1-15-12-16(2)20(17(3)13-15)28(26,27)23-19(21(25)22-10-7-11-24)14-18-8-5-4-6-9-18/h4-6,8-9,12-13,19,23-24H,7,10-11,14H2,1-3H3,(H,22,25)/t19-/m1/s1. The molecule has 7 heteroatoms. The molecule has 28 heavy (non-hydrogen) atoms. The Balaban J connectivity index is 2.31. The largest absolute Gasteiger partial charge is 0.396 e. The molecule has 2 aromatic carbocycles. The third kappa shape index (κ3) is 5.89. The SMILES string of the molecule is Cc1cc(C)c(S(=O)(=O)N[C@H](Cc2ccccc2)C(=O)NCCCO)c(C)c1. The number of hydrogen-bond acceptors (Lipinski definition) is 4. The first-order valence-electron chi connectivity index (χ1n) is 9.27. The molecule has 0 aliphatic heterocycles. The van der Waals surface area contributed by atoms with Crippen LogP contribution in [0.15, 0.2) is 47.4 Å². The number of benzene rings is 2. The van der Waals surface area contributed by atoms with Crippen LogP contribution in [-0.4, -0.2) is 38.6 Å². The Labute approximate surface area is 167 Å². The highest BCUT2D eigenvalue weighted by Crippen LogP contribution is 2.22. The van der Waals surface area contributed by atoms with Gasteiger partial charge in [0.1, 0.15) is 6.04 Å². The van der Waals surface area contributed by atoms with Gasteiger partial charge in [-0.05, 0) is 50.3 Å². The molecule has 0 radical (unpaired) electrons. The van der Waals surface area contributed by atoms with E-state index in [-0.39, 0.29) is 24.5 Å². The Kier molecular flexibility index (Phi) is 7.74. The van der Waals surface area contributed by atoms with Gasteiger partial charge in [-0.2, -0.15) is 4.72 Å². The molecule has 0 aromatic heterocycles. The van der Waals surface area contributed by atoms with Crippen molar-refractivity contribution in [1.82, 2.24) is 10.0 Å². The molecule has 0 bridgehead atoms. The molecule has 1 atom stereocenters. The van der Waals surface area contributed by atoms with Gasteiger partial charge < -0.3 is 10.4 Å². The minimum atomic E-state index is -3.89. The summed E-state index contributed by atoms with van der Waals surface area (Å²) in [7, 11) is -3.89. The summed E-state index contributed by atoms with van der Waals surface area (Å²) in [5.41, 5.74) is 3.12. The zero-order chi connectivity index (χ0) is 20.7. The first-order valence-corrected chi connectivity index (χ1v) is 10.8. The number of aryl methyl sites for hydroxylation is 3. The number of carbonyl (C=O) groups is 1. The van der Waals surface area contributed by atoms with Crippen molar-refractivity contribution in [3.63, 3.8) is 0 Å². The number of amides is 1. The van der Waals surface area contributed by atoms with E-state index in [1.54, 1.807) is 13.8 Å². The van der Waals surface area contributed by atoms with E-state index in [4.69, 9.17) is 5.11 Å². The fourth-order valence-electron chi connectivity index (χ4n) is 3.29. The molecule has 6 nitrogen and oxygen atoms in total. The summed E-state index contributed by atoms with van der Waals surface area (Å²) < 4.78 is 28.8. The lowest BCUT2D eigenvalue weighted by molar-refractivity contribution is -0.122. The summed E-state index contributed by atoms with van der Waals surface area (Å²) in [6.45, 7) is 5.66. The molecular formula is C21H28N2O4S. The molecule has 3 N–H and O–H groups in total. The second-order valence-corrected chi connectivity index (χ2v) is 8.61. The Morgan fingerprint density at radius 3 is 2.25 bits per heavy atom. The van der Waals surface area contributed by atoms with Crippen molar-refractivity contribution in [2.75, 3.05) is 13.2 Å². The lowest BCUT2D eigenvalue weighted by atomic mass is 10.1. The molecule has 152 valence electrons. The number of nitrogens with one attached hydrogen (secondary N) is 2. The van der Waals surface area contributed by atoms with Crippen molar-refractivity contribution < 1.29 is 18.3 Å². The summed E-state index contributed by atoms with van der Waals surface area (Å²) in [5.74, 6) is -0.414. The van der Waals surface area contributed by atoms with Gasteiger partial charge in [0, 0.05) is 13.2 Å². The van der Waals surface area contributed by atoms with Crippen LogP contribution in [-0.2, 0) is 21.2 Å². The topological polar surface area (TPSA) is 95.5 Å². The first kappa shape index (κ1) is 22.1. The summed E-state index contributed by atoms with van der Waals surface area (Å²) in [5, 5.41) is 11.6. The molecule has 0 unspecified atom stereocenters. The molecule has 2 aromatic rings. The number of carbonyl (C=O) groups excluding carboxylic acids is 1. The van der Waals surface area contributed by atoms with Gasteiger partial charge in [0.2, 0.25) is 15.9 Å². The van der Waals surface area contributed by atoms with Crippen LogP contribution in [0.3, 0.4) is 0 Å². The van der Waals surface area contributed by atoms with Crippen LogP contribution < -0.4 is 10.0 Å². The van der Waals surface area contributed by atoms with Crippen LogP contribution in [0.5, 0.6) is 0 Å². The molecule has 0 spiro atoms. The normalized spacial score (nSPS) is 12.6. The quantitative estimate of drug-likeness (QED) is 0.557. The maximum Gasteiger partial charge on any atom is 0.241 e. The van der Waals surface area contributed by atoms with Crippen LogP contribution in [0.4, 0.5) is 0 Å². The van der Waals surface area contributed by atoms with E-state index in [1.165, 1.54) is 0 Å². The highest BCUT2D eigenvalue weighted by Gasteiger charge is 2.28. The Hall–Kier alpha value is -2.22. The van der Waals surface area contributed by atoms with E-state index in [2.05, 4.69) is 10.0 Å². The molecule has 0 aliphatic rings. The van der Waals surface area contributed by atoms with Gasteiger partial charge in [0.05, 0.1) is 4.90 Å². The fraction of sp³-hybridized carbons (Fsp3) is 0.381. The zero-order valence-corrected chi connectivity index (χ0v) is 17.3. The van der Waals surface area contributed by atoms with E-state index >= 15 is 0 Å². The van der Waals surface area contributed by atoms with Crippen LogP contribution >= 0.6 is 0 Å². The van der Waals surface area contributed by atoms with Gasteiger partial charge in [-0.1, -0.05) is 48.0 Å². The lowest BCUT2D eigenvalue weighted by Gasteiger charge is -2.20. The minimum absolute atomic E-state index is 0.0445. The van der Waals surface area contributed by atoms with E-state index in [9.17, 15) is 13.2 Å². The van der Waals surface area contributed by atoms with Gasteiger partial charge in [-0.25, -0.2) is 8.42 Å². The predicted molar refractivity (Wildman–Crippen MR) is 110 cm³/mol. The molecule has 0 saturated heterocycles. The van der Waals surface area contributed by atoms with Gasteiger partial charge >= 0.3 is 0 Å². The van der Waals surface area contributed by atoms with Crippen LogP contribution in [0, 0.1) is 20.8 Å². The van der Waals surface area contributed by atoms with Crippen LogP contribution in [0.25, 0.3) is 0 Å². The summed E-state index contributed by atoms with van der Waals surface area (Å²) >= 11 is 0. The first-order chi connectivity index (χ1) is 13.2. The molecule has 0 saturated carbocycles. The van der Waals surface area contributed by atoms with E-state index in [1.807, 2.05) is 49.4 Å². The number of aliphatic hydroxyl groups is 1. The Bertz CT molecular complexity index is 888. The van der Waals surface area contributed by atoms with Crippen molar-refractivity contribution in [3.05, 3.63) is 64.7 Å². The number of aliphatic hydroxyl groups excluding tert-OH is 1. The van der Waals surface area contributed by atoms with E-state index < -0.39 is 22.0 Å². The number of rotatable bonds is 9.